The maximum atomic E-state index is 12.4. The number of benzene rings is 2. The van der Waals surface area contributed by atoms with Gasteiger partial charge in [0.2, 0.25) is 5.88 Å². The number of fused-ring (bicyclic) bond motifs is 1. The van der Waals surface area contributed by atoms with Crippen LogP contribution in [-0.2, 0) is 4.79 Å². The van der Waals surface area contributed by atoms with E-state index < -0.39 is 0 Å². The third-order valence-corrected chi connectivity index (χ3v) is 5.39. The quantitative estimate of drug-likeness (QED) is 0.722. The number of carbonyl (C=O) groups is 1. The van der Waals surface area contributed by atoms with Crippen LogP contribution in [0.3, 0.4) is 0 Å². The van der Waals surface area contributed by atoms with Gasteiger partial charge in [0.25, 0.3) is 5.91 Å². The number of rotatable bonds is 3. The molecule has 25 heavy (non-hydrogen) atoms. The normalized spacial score (nSPS) is 12.8. The molecule has 0 fully saturated rings. The van der Waals surface area contributed by atoms with Crippen LogP contribution in [0, 0.1) is 3.95 Å². The van der Waals surface area contributed by atoms with Crippen LogP contribution < -0.4 is 15.6 Å². The number of carbonyl (C=O) groups excluding carboxylic acids is 1. The second-order valence-corrected chi connectivity index (χ2v) is 7.14. The second-order valence-electron chi connectivity index (χ2n) is 5.50. The molecule has 2 heterocycles. The van der Waals surface area contributed by atoms with Gasteiger partial charge in [0.1, 0.15) is 4.88 Å². The topological polar surface area (TPSA) is 57.8 Å². The van der Waals surface area contributed by atoms with Gasteiger partial charge in [0.15, 0.2) is 3.95 Å². The molecule has 0 saturated heterocycles. The van der Waals surface area contributed by atoms with Crippen molar-refractivity contribution in [1.82, 2.24) is 4.68 Å². The minimum absolute atomic E-state index is 0.0587. The van der Waals surface area contributed by atoms with Gasteiger partial charge in [-0.15, -0.1) is 0 Å². The largest absolute Gasteiger partial charge is 0.492 e. The molecule has 2 aromatic carbocycles. The Morgan fingerprint density at radius 3 is 2.56 bits per heavy atom. The molecule has 0 spiro atoms. The fraction of sp³-hybridized carbons (Fsp3) is 0.0556. The second kappa shape index (κ2) is 5.94. The zero-order chi connectivity index (χ0) is 17.6. The smallest absolute Gasteiger partial charge is 0.279 e. The Morgan fingerprint density at radius 2 is 1.80 bits per heavy atom. The van der Waals surface area contributed by atoms with Gasteiger partial charge >= 0.3 is 0 Å². The number of hydrogen-bond acceptors (Lipinski definition) is 5. The van der Waals surface area contributed by atoms with Crippen molar-refractivity contribution in [3.63, 3.8) is 0 Å². The summed E-state index contributed by atoms with van der Waals surface area (Å²) in [4.78, 5) is 16.9. The van der Waals surface area contributed by atoms with Gasteiger partial charge < -0.3 is 5.11 Å². The molecule has 1 amide bonds. The summed E-state index contributed by atoms with van der Waals surface area (Å²) < 4.78 is 1.97. The van der Waals surface area contributed by atoms with Gasteiger partial charge in [0, 0.05) is 12.3 Å². The van der Waals surface area contributed by atoms with Crippen LogP contribution in [-0.4, -0.2) is 22.7 Å². The summed E-state index contributed by atoms with van der Waals surface area (Å²) in [6, 6.07) is 16.8. The molecule has 4 rings (SSSR count). The molecule has 1 N–H and O–H groups in total. The first kappa shape index (κ1) is 15.7. The van der Waals surface area contributed by atoms with Crippen LogP contribution in [0.15, 0.2) is 59.6 Å². The highest BCUT2D eigenvalue weighted by atomic mass is 32.1. The van der Waals surface area contributed by atoms with Crippen LogP contribution in [0.2, 0.25) is 0 Å². The summed E-state index contributed by atoms with van der Waals surface area (Å²) in [5, 5.41) is 13.9. The Bertz CT molecular complexity index is 1160. The van der Waals surface area contributed by atoms with Crippen molar-refractivity contribution >= 4 is 40.7 Å². The molecular formula is C18H13N3O2S2. The Kier molecular flexibility index (Phi) is 3.74. The molecule has 0 aliphatic carbocycles. The number of aromatic hydroxyl groups is 1. The van der Waals surface area contributed by atoms with E-state index in [4.69, 9.17) is 12.2 Å². The third-order valence-electron chi connectivity index (χ3n) is 4.03. The van der Waals surface area contributed by atoms with Crippen LogP contribution in [0.25, 0.3) is 5.57 Å². The molecule has 0 saturated carbocycles. The number of thiazole rings is 1. The van der Waals surface area contributed by atoms with E-state index in [1.807, 2.05) is 48.5 Å². The standard InChI is InChI=1S/C18H13N3O2S2/c1-20(11-7-3-2-4-8-11)21-17(23)15(25-18(21)24)14-12-9-5-6-10-13(12)19-16(14)22/h2-10,23H,1H3. The number of amides is 1. The lowest BCUT2D eigenvalue weighted by molar-refractivity contribution is -0.112. The van der Waals surface area contributed by atoms with Gasteiger partial charge in [-0.05, 0) is 30.4 Å². The molecule has 5 nitrogen and oxygen atoms in total. The monoisotopic (exact) mass is 367 g/mol. The maximum absolute atomic E-state index is 12.4. The zero-order valence-electron chi connectivity index (χ0n) is 13.2. The van der Waals surface area contributed by atoms with E-state index in [2.05, 4.69) is 4.99 Å². The molecule has 0 bridgehead atoms. The summed E-state index contributed by atoms with van der Waals surface area (Å²) in [5.74, 6) is -0.418. The molecule has 3 aromatic rings. The zero-order valence-corrected chi connectivity index (χ0v) is 14.8. The van der Waals surface area contributed by atoms with Crippen molar-refractivity contribution in [2.45, 2.75) is 0 Å². The molecule has 1 aliphatic rings. The molecular weight excluding hydrogens is 354 g/mol. The first-order valence-corrected chi connectivity index (χ1v) is 8.77. The van der Waals surface area contributed by atoms with Gasteiger partial charge in [-0.3, -0.25) is 9.80 Å². The maximum Gasteiger partial charge on any atom is 0.279 e. The summed E-state index contributed by atoms with van der Waals surface area (Å²) in [6.07, 6.45) is 0. The van der Waals surface area contributed by atoms with E-state index in [1.54, 1.807) is 18.1 Å². The SMILES string of the molecule is CN(c1ccccc1)n1c(O)c(C2=c3ccccc3=NC2=O)sc1=S. The van der Waals surface area contributed by atoms with Crippen molar-refractivity contribution in [1.29, 1.82) is 0 Å². The average molecular weight is 367 g/mol. The summed E-state index contributed by atoms with van der Waals surface area (Å²) in [5.41, 5.74) is 1.26. The summed E-state index contributed by atoms with van der Waals surface area (Å²) in [6.45, 7) is 0. The van der Waals surface area contributed by atoms with Gasteiger partial charge in [-0.1, -0.05) is 47.7 Å². The third kappa shape index (κ3) is 2.48. The van der Waals surface area contributed by atoms with Gasteiger partial charge in [-0.25, -0.2) is 4.99 Å². The van der Waals surface area contributed by atoms with Crippen molar-refractivity contribution < 1.29 is 9.90 Å². The lowest BCUT2D eigenvalue weighted by Gasteiger charge is -2.21. The highest BCUT2D eigenvalue weighted by molar-refractivity contribution is 7.73. The van der Waals surface area contributed by atoms with E-state index in [1.165, 1.54) is 16.0 Å². The average Bonchev–Trinajstić information content (AvgIpc) is 3.10. The predicted octanol–water partition coefficient (Wildman–Crippen LogP) is 2.24. The Morgan fingerprint density at radius 1 is 1.12 bits per heavy atom. The van der Waals surface area contributed by atoms with Crippen molar-refractivity contribution in [3.05, 3.63) is 74.0 Å². The number of nitrogens with zero attached hydrogens (tertiary/aromatic N) is 3. The highest BCUT2D eigenvalue weighted by Gasteiger charge is 2.26. The predicted molar refractivity (Wildman–Crippen MR) is 99.8 cm³/mol. The Labute approximate surface area is 152 Å². The van der Waals surface area contributed by atoms with Crippen LogP contribution >= 0.6 is 23.6 Å². The molecule has 0 atom stereocenters. The first-order valence-electron chi connectivity index (χ1n) is 7.54. The van der Waals surface area contributed by atoms with E-state index in [9.17, 15) is 9.90 Å². The highest BCUT2D eigenvalue weighted by Crippen LogP contribution is 2.33. The molecule has 0 unspecified atom stereocenters. The summed E-state index contributed by atoms with van der Waals surface area (Å²) in [7, 11) is 1.81. The molecule has 0 radical (unpaired) electrons. The van der Waals surface area contributed by atoms with Crippen LogP contribution in [0.5, 0.6) is 5.88 Å². The fourth-order valence-electron chi connectivity index (χ4n) is 2.83. The lowest BCUT2D eigenvalue weighted by atomic mass is 10.1. The number of aromatic nitrogens is 1. The van der Waals surface area contributed by atoms with E-state index in [-0.39, 0.29) is 11.8 Å². The molecule has 1 aliphatic heterocycles. The summed E-state index contributed by atoms with van der Waals surface area (Å²) >= 11 is 6.63. The van der Waals surface area contributed by atoms with Crippen LogP contribution in [0.1, 0.15) is 4.88 Å². The Hall–Kier alpha value is -2.77. The van der Waals surface area contributed by atoms with Crippen molar-refractivity contribution in [2.75, 3.05) is 12.1 Å². The van der Waals surface area contributed by atoms with Crippen molar-refractivity contribution in [2.24, 2.45) is 4.99 Å². The lowest BCUT2D eigenvalue weighted by Crippen LogP contribution is -2.24. The van der Waals surface area contributed by atoms with Gasteiger partial charge in [-0.2, -0.15) is 4.68 Å². The molecule has 124 valence electrons. The number of anilines is 1. The Balaban J connectivity index is 1.93. The number of hydrogen-bond donors (Lipinski definition) is 1. The fourth-order valence-corrected chi connectivity index (χ4v) is 4.23. The van der Waals surface area contributed by atoms with E-state index >= 15 is 0 Å². The minimum Gasteiger partial charge on any atom is -0.492 e. The van der Waals surface area contributed by atoms with E-state index in [0.29, 0.717) is 25.0 Å². The molecule has 1 aromatic heterocycles. The first-order chi connectivity index (χ1) is 12.1. The molecule has 7 heteroatoms. The van der Waals surface area contributed by atoms with E-state index in [0.717, 1.165) is 5.69 Å². The van der Waals surface area contributed by atoms with Crippen molar-refractivity contribution in [3.8, 4) is 5.88 Å². The minimum atomic E-state index is -0.359. The van der Waals surface area contributed by atoms with Gasteiger partial charge in [0.05, 0.1) is 16.6 Å². The number of para-hydroxylation sites is 2. The van der Waals surface area contributed by atoms with Crippen LogP contribution in [0.4, 0.5) is 5.69 Å².